The van der Waals surface area contributed by atoms with E-state index in [-0.39, 0.29) is 0 Å². The summed E-state index contributed by atoms with van der Waals surface area (Å²) in [5.74, 6) is -0.735. The minimum absolute atomic E-state index is 0.664. The van der Waals surface area contributed by atoms with E-state index in [1.165, 1.54) is 0 Å². The second-order valence-electron chi connectivity index (χ2n) is 5.57. The molecule has 0 saturated heterocycles. The summed E-state index contributed by atoms with van der Waals surface area (Å²) < 4.78 is 0.845. The number of carbonyl (C=O) groups is 1. The van der Waals surface area contributed by atoms with Crippen molar-refractivity contribution in [3.8, 4) is 0 Å². The first kappa shape index (κ1) is 15.4. The van der Waals surface area contributed by atoms with E-state index in [0.717, 1.165) is 27.8 Å². The largest absolute Gasteiger partial charge is 0.481 e. The van der Waals surface area contributed by atoms with Gasteiger partial charge in [0.05, 0.1) is 11.1 Å². The Morgan fingerprint density at radius 3 is 2.55 bits per heavy atom. The van der Waals surface area contributed by atoms with Gasteiger partial charge in [0.15, 0.2) is 0 Å². The predicted molar refractivity (Wildman–Crippen MR) is 92.0 cm³/mol. The van der Waals surface area contributed by atoms with Gasteiger partial charge in [-0.2, -0.15) is 0 Å². The van der Waals surface area contributed by atoms with Gasteiger partial charge >= 0.3 is 5.97 Å². The maximum Gasteiger partial charge on any atom is 0.314 e. The number of aliphatic carboxylic acids is 1. The molecule has 2 aromatic rings. The predicted octanol–water partition coefficient (Wildman–Crippen LogP) is 5.35. The number of hydrogen-bond acceptors (Lipinski definition) is 2. The van der Waals surface area contributed by atoms with Gasteiger partial charge < -0.3 is 10.4 Å². The lowest BCUT2D eigenvalue weighted by Gasteiger charge is -2.38. The first-order chi connectivity index (χ1) is 10.5. The number of carboxylic acid groups (broad SMARTS) is 1. The Morgan fingerprint density at radius 1 is 1.23 bits per heavy atom. The third-order valence-electron chi connectivity index (χ3n) is 4.24. The smallest absolute Gasteiger partial charge is 0.314 e. The van der Waals surface area contributed by atoms with Crippen LogP contribution in [0.5, 0.6) is 0 Å². The molecule has 0 amide bonds. The van der Waals surface area contributed by atoms with Gasteiger partial charge in [0.25, 0.3) is 0 Å². The van der Waals surface area contributed by atoms with Gasteiger partial charge in [-0.3, -0.25) is 4.79 Å². The monoisotopic (exact) mass is 379 g/mol. The fourth-order valence-electron chi connectivity index (χ4n) is 2.79. The van der Waals surface area contributed by atoms with Crippen LogP contribution in [-0.2, 0) is 10.2 Å². The number of rotatable bonds is 4. The van der Waals surface area contributed by atoms with Gasteiger partial charge in [0.1, 0.15) is 0 Å². The van der Waals surface area contributed by atoms with Gasteiger partial charge in [-0.15, -0.1) is 0 Å². The van der Waals surface area contributed by atoms with Crippen LogP contribution in [0.3, 0.4) is 0 Å². The molecular formula is C17H15BrClNO2. The molecule has 3 rings (SSSR count). The average Bonchev–Trinajstić information content (AvgIpc) is 2.40. The molecule has 2 N–H and O–H groups in total. The minimum atomic E-state index is -0.735. The van der Waals surface area contributed by atoms with Crippen LogP contribution in [0, 0.1) is 0 Å². The molecule has 0 bridgehead atoms. The second-order valence-corrected chi connectivity index (χ2v) is 6.86. The summed E-state index contributed by atoms with van der Waals surface area (Å²) in [7, 11) is 0. The third kappa shape index (κ3) is 2.73. The molecule has 2 aromatic carbocycles. The fourth-order valence-corrected chi connectivity index (χ4v) is 3.46. The molecule has 0 aromatic heterocycles. The highest BCUT2D eigenvalue weighted by Gasteiger charge is 2.46. The van der Waals surface area contributed by atoms with Gasteiger partial charge in [-0.25, -0.2) is 0 Å². The minimum Gasteiger partial charge on any atom is -0.481 e. The Morgan fingerprint density at radius 2 is 2.00 bits per heavy atom. The van der Waals surface area contributed by atoms with E-state index in [2.05, 4.69) is 21.2 Å². The van der Waals surface area contributed by atoms with Crippen LogP contribution >= 0.6 is 27.5 Å². The highest BCUT2D eigenvalue weighted by molar-refractivity contribution is 9.10. The summed E-state index contributed by atoms with van der Waals surface area (Å²) in [6, 6.07) is 13.2. The molecule has 0 atom stereocenters. The van der Waals surface area contributed by atoms with Gasteiger partial charge in [0, 0.05) is 15.2 Å². The van der Waals surface area contributed by atoms with E-state index in [1.54, 1.807) is 0 Å². The number of hydrogen-bond donors (Lipinski definition) is 2. The summed E-state index contributed by atoms with van der Waals surface area (Å²) in [4.78, 5) is 11.6. The Balaban J connectivity index is 1.88. The first-order valence-corrected chi connectivity index (χ1v) is 8.24. The average molecular weight is 381 g/mol. The van der Waals surface area contributed by atoms with Crippen molar-refractivity contribution in [2.75, 3.05) is 5.32 Å². The molecule has 0 radical (unpaired) electrons. The molecule has 1 fully saturated rings. The van der Waals surface area contributed by atoms with Gasteiger partial charge in [-0.05, 0) is 64.7 Å². The molecule has 0 aliphatic heterocycles. The van der Waals surface area contributed by atoms with Crippen LogP contribution in [0.25, 0.3) is 0 Å². The van der Waals surface area contributed by atoms with Crippen molar-refractivity contribution in [1.29, 1.82) is 0 Å². The summed E-state index contributed by atoms with van der Waals surface area (Å²) in [5.41, 5.74) is 1.91. The second kappa shape index (κ2) is 5.94. The number of nitrogens with one attached hydrogen (secondary N) is 1. The zero-order valence-electron chi connectivity index (χ0n) is 11.8. The zero-order valence-corrected chi connectivity index (χ0v) is 14.1. The normalized spacial score (nSPS) is 15.9. The Bertz CT molecular complexity index is 728. The highest BCUT2D eigenvalue weighted by atomic mass is 79.9. The first-order valence-electron chi connectivity index (χ1n) is 7.07. The number of halogens is 2. The molecule has 1 aliphatic rings. The van der Waals surface area contributed by atoms with Crippen LogP contribution in [0.4, 0.5) is 11.4 Å². The Hall–Kier alpha value is -1.52. The van der Waals surface area contributed by atoms with Crippen molar-refractivity contribution >= 4 is 44.9 Å². The molecule has 0 spiro atoms. The van der Waals surface area contributed by atoms with Crippen LogP contribution in [0.1, 0.15) is 24.8 Å². The molecule has 1 aliphatic carbocycles. The molecular weight excluding hydrogens is 366 g/mol. The Kier molecular flexibility index (Phi) is 4.15. The van der Waals surface area contributed by atoms with Crippen molar-refractivity contribution < 1.29 is 9.90 Å². The van der Waals surface area contributed by atoms with Gasteiger partial charge in [0.2, 0.25) is 0 Å². The lowest BCUT2D eigenvalue weighted by atomic mass is 9.64. The maximum absolute atomic E-state index is 11.6. The SMILES string of the molecule is O=C(O)C1(c2ccc(Nc3cccc(Cl)c3)c(Br)c2)CCC1. The molecule has 5 heteroatoms. The van der Waals surface area contributed by atoms with Crippen LogP contribution in [-0.4, -0.2) is 11.1 Å². The topological polar surface area (TPSA) is 49.3 Å². The molecule has 1 saturated carbocycles. The summed E-state index contributed by atoms with van der Waals surface area (Å²) in [5, 5.41) is 13.5. The lowest BCUT2D eigenvalue weighted by Crippen LogP contribution is -2.42. The summed E-state index contributed by atoms with van der Waals surface area (Å²) in [6.07, 6.45) is 2.37. The number of anilines is 2. The van der Waals surface area contributed by atoms with Crippen molar-refractivity contribution in [3.05, 3.63) is 57.5 Å². The van der Waals surface area contributed by atoms with Crippen LogP contribution in [0.2, 0.25) is 5.02 Å². The van der Waals surface area contributed by atoms with E-state index in [1.807, 2.05) is 42.5 Å². The van der Waals surface area contributed by atoms with E-state index in [0.29, 0.717) is 17.9 Å². The maximum atomic E-state index is 11.6. The van der Waals surface area contributed by atoms with Crippen molar-refractivity contribution in [3.63, 3.8) is 0 Å². The van der Waals surface area contributed by atoms with Crippen molar-refractivity contribution in [1.82, 2.24) is 0 Å². The fraction of sp³-hybridized carbons (Fsp3) is 0.235. The molecule has 0 heterocycles. The van der Waals surface area contributed by atoms with E-state index in [4.69, 9.17) is 11.6 Å². The molecule has 22 heavy (non-hydrogen) atoms. The number of benzene rings is 2. The van der Waals surface area contributed by atoms with E-state index >= 15 is 0 Å². The highest BCUT2D eigenvalue weighted by Crippen LogP contribution is 2.45. The van der Waals surface area contributed by atoms with Crippen LogP contribution < -0.4 is 5.32 Å². The van der Waals surface area contributed by atoms with Crippen LogP contribution in [0.15, 0.2) is 46.9 Å². The molecule has 114 valence electrons. The lowest BCUT2D eigenvalue weighted by molar-refractivity contribution is -0.147. The van der Waals surface area contributed by atoms with Gasteiger partial charge in [-0.1, -0.05) is 30.2 Å². The van der Waals surface area contributed by atoms with E-state index < -0.39 is 11.4 Å². The Labute approximate surface area is 142 Å². The van der Waals surface area contributed by atoms with E-state index in [9.17, 15) is 9.90 Å². The summed E-state index contributed by atoms with van der Waals surface area (Å²) >= 11 is 9.51. The quantitative estimate of drug-likeness (QED) is 0.751. The standard InChI is InChI=1S/C17H15BrClNO2/c18-14-9-11(17(16(21)22)7-2-8-17)5-6-15(14)20-13-4-1-3-12(19)10-13/h1,3-6,9-10,20H,2,7-8H2,(H,21,22). The zero-order chi connectivity index (χ0) is 15.7. The number of carboxylic acids is 1. The molecule has 0 unspecified atom stereocenters. The molecule has 3 nitrogen and oxygen atoms in total. The van der Waals surface area contributed by atoms with Crippen molar-refractivity contribution in [2.45, 2.75) is 24.7 Å². The van der Waals surface area contributed by atoms with Crippen molar-refractivity contribution in [2.24, 2.45) is 0 Å². The third-order valence-corrected chi connectivity index (χ3v) is 5.13. The summed E-state index contributed by atoms with van der Waals surface area (Å²) in [6.45, 7) is 0.